The van der Waals surface area contributed by atoms with Crippen molar-refractivity contribution in [3.8, 4) is 11.8 Å². The summed E-state index contributed by atoms with van der Waals surface area (Å²) in [6, 6.07) is 9.90. The molecule has 1 aromatic heterocycles. The fraction of sp³-hybridized carbons (Fsp3) is 0.391. The van der Waals surface area contributed by atoms with Crippen LogP contribution in [0.2, 0.25) is 0 Å². The molecular weight excluding hydrogens is 383 g/mol. The fourth-order valence-corrected chi connectivity index (χ4v) is 4.08. The van der Waals surface area contributed by atoms with Crippen molar-refractivity contribution in [1.82, 2.24) is 4.57 Å². The number of nitrogens with zero attached hydrogens (tertiary/aromatic N) is 2. The molecule has 7 heteroatoms. The molecule has 0 radical (unpaired) electrons. The molecule has 1 atom stereocenters. The van der Waals surface area contributed by atoms with Crippen LogP contribution in [0.3, 0.4) is 0 Å². The molecular formula is C23H28FN4O2+. The van der Waals surface area contributed by atoms with Crippen molar-refractivity contribution in [2.75, 3.05) is 19.6 Å². The minimum absolute atomic E-state index is 0.0488. The molecule has 1 aliphatic heterocycles. The zero-order valence-electron chi connectivity index (χ0n) is 17.7. The number of nitrogens with two attached hydrogens (primary N) is 1. The molecule has 30 heavy (non-hydrogen) atoms. The van der Waals surface area contributed by atoms with Crippen molar-refractivity contribution in [3.05, 3.63) is 74.8 Å². The Morgan fingerprint density at radius 3 is 2.63 bits per heavy atom. The lowest BCUT2D eigenvalue weighted by molar-refractivity contribution is -0.896. The van der Waals surface area contributed by atoms with Crippen LogP contribution < -0.4 is 20.9 Å². The minimum Gasteiger partial charge on any atom is -0.440 e. The fourth-order valence-electron chi connectivity index (χ4n) is 4.08. The average Bonchev–Trinajstić information content (AvgIpc) is 2.73. The summed E-state index contributed by atoms with van der Waals surface area (Å²) in [6.45, 7) is 9.71. The molecule has 0 saturated heterocycles. The van der Waals surface area contributed by atoms with E-state index in [0.717, 1.165) is 31.7 Å². The molecule has 6 nitrogen and oxygen atoms in total. The molecule has 0 aliphatic carbocycles. The van der Waals surface area contributed by atoms with Gasteiger partial charge >= 0.3 is 0 Å². The molecule has 0 unspecified atom stereocenters. The third-order valence-corrected chi connectivity index (χ3v) is 5.82. The second-order valence-electron chi connectivity index (χ2n) is 7.53. The van der Waals surface area contributed by atoms with Gasteiger partial charge in [0.15, 0.2) is 0 Å². The van der Waals surface area contributed by atoms with E-state index in [1.807, 2.05) is 13.0 Å². The van der Waals surface area contributed by atoms with Crippen molar-refractivity contribution in [2.45, 2.75) is 39.7 Å². The number of fused-ring (bicyclic) bond motifs is 1. The summed E-state index contributed by atoms with van der Waals surface area (Å²) in [4.78, 5) is 15.0. The summed E-state index contributed by atoms with van der Waals surface area (Å²) in [7, 11) is 0. The Labute approximate surface area is 176 Å². The van der Waals surface area contributed by atoms with Crippen LogP contribution in [-0.4, -0.2) is 24.2 Å². The Morgan fingerprint density at radius 2 is 2.00 bits per heavy atom. The van der Waals surface area contributed by atoms with Gasteiger partial charge in [-0.2, -0.15) is 5.26 Å². The first-order valence-electron chi connectivity index (χ1n) is 10.3. The lowest BCUT2D eigenvalue weighted by Crippen LogP contribution is -3.11. The highest BCUT2D eigenvalue weighted by molar-refractivity contribution is 5.55. The molecule has 1 aliphatic rings. The second-order valence-corrected chi connectivity index (χ2v) is 7.53. The van der Waals surface area contributed by atoms with Crippen LogP contribution in [0.1, 0.15) is 43.0 Å². The lowest BCUT2D eigenvalue weighted by Gasteiger charge is -2.27. The molecule has 3 N–H and O–H groups in total. The number of hydrogen-bond donors (Lipinski definition) is 2. The number of aromatic nitrogens is 1. The normalized spacial score (nSPS) is 15.7. The molecule has 1 aromatic carbocycles. The van der Waals surface area contributed by atoms with Gasteiger partial charge in [-0.15, -0.1) is 0 Å². The van der Waals surface area contributed by atoms with E-state index in [1.165, 1.54) is 11.0 Å². The van der Waals surface area contributed by atoms with Gasteiger partial charge in [-0.25, -0.2) is 4.39 Å². The van der Waals surface area contributed by atoms with E-state index in [1.54, 1.807) is 28.8 Å². The van der Waals surface area contributed by atoms with Crippen molar-refractivity contribution in [3.63, 3.8) is 0 Å². The van der Waals surface area contributed by atoms with Gasteiger partial charge in [-0.3, -0.25) is 4.79 Å². The maximum absolute atomic E-state index is 14.7. The van der Waals surface area contributed by atoms with Gasteiger partial charge in [-0.1, -0.05) is 18.2 Å². The van der Waals surface area contributed by atoms with Crippen molar-refractivity contribution in [1.29, 1.82) is 5.26 Å². The second kappa shape index (κ2) is 9.14. The van der Waals surface area contributed by atoms with Gasteiger partial charge in [0.05, 0.1) is 31.1 Å². The SMILES string of the molecule is CC[NH+](CC)CCCn1c(C)cc2c(c1=O)[C@H](c1ccccc1F)C(C#N)=C(N)O2. The molecule has 0 spiro atoms. The Morgan fingerprint density at radius 1 is 1.30 bits per heavy atom. The lowest BCUT2D eigenvalue weighted by atomic mass is 9.83. The predicted octanol–water partition coefficient (Wildman–Crippen LogP) is 1.83. The number of benzene rings is 1. The zero-order valence-corrected chi connectivity index (χ0v) is 17.7. The Kier molecular flexibility index (Phi) is 6.58. The van der Waals surface area contributed by atoms with Crippen LogP contribution in [-0.2, 0) is 6.54 Å². The number of pyridine rings is 1. The average molecular weight is 412 g/mol. The van der Waals surface area contributed by atoms with Crippen LogP contribution in [0.5, 0.6) is 5.75 Å². The first-order valence-corrected chi connectivity index (χ1v) is 10.3. The monoisotopic (exact) mass is 411 g/mol. The largest absolute Gasteiger partial charge is 0.440 e. The van der Waals surface area contributed by atoms with E-state index in [0.29, 0.717) is 6.54 Å². The first-order chi connectivity index (χ1) is 14.4. The van der Waals surface area contributed by atoms with Gasteiger partial charge in [0, 0.05) is 30.3 Å². The molecule has 2 aromatic rings. The van der Waals surface area contributed by atoms with E-state index in [-0.39, 0.29) is 33.9 Å². The number of quaternary nitrogens is 1. The summed E-state index contributed by atoms with van der Waals surface area (Å²) in [5.41, 5.74) is 6.98. The summed E-state index contributed by atoms with van der Waals surface area (Å²) in [5.74, 6) is -1.20. The number of nitriles is 1. The summed E-state index contributed by atoms with van der Waals surface area (Å²) in [6.07, 6.45) is 0.838. The predicted molar refractivity (Wildman–Crippen MR) is 113 cm³/mol. The third kappa shape index (κ3) is 3.96. The van der Waals surface area contributed by atoms with Crippen LogP contribution >= 0.6 is 0 Å². The number of ether oxygens (including phenoxy) is 1. The number of halogens is 1. The number of aryl methyl sites for hydroxylation is 1. The summed E-state index contributed by atoms with van der Waals surface area (Å²) in [5, 5.41) is 9.68. The van der Waals surface area contributed by atoms with Gasteiger partial charge in [-0.05, 0) is 26.8 Å². The van der Waals surface area contributed by atoms with Crippen LogP contribution in [0.4, 0.5) is 4.39 Å². The molecule has 0 amide bonds. The Hall–Kier alpha value is -3.11. The number of rotatable bonds is 7. The van der Waals surface area contributed by atoms with Crippen molar-refractivity contribution in [2.24, 2.45) is 5.73 Å². The highest BCUT2D eigenvalue weighted by atomic mass is 19.1. The highest BCUT2D eigenvalue weighted by Crippen LogP contribution is 2.41. The topological polar surface area (TPSA) is 85.5 Å². The number of allylic oxidation sites excluding steroid dienone is 1. The summed E-state index contributed by atoms with van der Waals surface area (Å²) >= 11 is 0. The number of hydrogen-bond acceptors (Lipinski definition) is 4. The Bertz CT molecular complexity index is 1060. The van der Waals surface area contributed by atoms with Gasteiger partial charge in [0.25, 0.3) is 5.56 Å². The van der Waals surface area contributed by atoms with E-state index >= 15 is 0 Å². The third-order valence-electron chi connectivity index (χ3n) is 5.82. The highest BCUT2D eigenvalue weighted by Gasteiger charge is 2.35. The first kappa shape index (κ1) is 21.6. The standard InChI is InChI=1S/C23H27FN4O2/c1-4-27(5-2)11-8-12-28-15(3)13-19-21(23(28)29)20(17(14-25)22(26)30-19)16-9-6-7-10-18(16)24/h6-7,9-10,13,20H,4-5,8,11-12,26H2,1-3H3/p+1/t20-/m1/s1. The molecule has 0 fully saturated rings. The molecule has 2 heterocycles. The molecule has 158 valence electrons. The van der Waals surface area contributed by atoms with E-state index < -0.39 is 11.7 Å². The van der Waals surface area contributed by atoms with Gasteiger partial charge in [0.2, 0.25) is 5.88 Å². The van der Waals surface area contributed by atoms with Crippen molar-refractivity contribution >= 4 is 0 Å². The maximum atomic E-state index is 14.7. The van der Waals surface area contributed by atoms with E-state index in [9.17, 15) is 14.4 Å². The summed E-state index contributed by atoms with van der Waals surface area (Å²) < 4.78 is 22.0. The molecule has 0 bridgehead atoms. The molecule has 0 saturated carbocycles. The smallest absolute Gasteiger partial charge is 0.258 e. The number of nitrogens with one attached hydrogen (secondary N) is 1. The minimum atomic E-state index is -0.896. The quantitative estimate of drug-likeness (QED) is 0.728. The van der Waals surface area contributed by atoms with E-state index in [4.69, 9.17) is 10.5 Å². The maximum Gasteiger partial charge on any atom is 0.258 e. The molecule has 3 rings (SSSR count). The van der Waals surface area contributed by atoms with Gasteiger partial charge < -0.3 is 19.9 Å². The zero-order chi connectivity index (χ0) is 21.8. The van der Waals surface area contributed by atoms with Crippen LogP contribution in [0.25, 0.3) is 0 Å². The van der Waals surface area contributed by atoms with Gasteiger partial charge in [0.1, 0.15) is 23.2 Å². The van der Waals surface area contributed by atoms with E-state index in [2.05, 4.69) is 13.8 Å². The Balaban J connectivity index is 2.09. The van der Waals surface area contributed by atoms with Crippen molar-refractivity contribution < 1.29 is 14.0 Å². The van der Waals surface area contributed by atoms with Crippen LogP contribution in [0, 0.1) is 24.1 Å². The van der Waals surface area contributed by atoms with Crippen LogP contribution in [0.15, 0.2) is 46.6 Å².